The predicted octanol–water partition coefficient (Wildman–Crippen LogP) is 2.16. The zero-order valence-corrected chi connectivity index (χ0v) is 11.7. The van der Waals surface area contributed by atoms with Crippen LogP contribution in [0, 0.1) is 0 Å². The molecule has 1 aromatic heterocycles. The van der Waals surface area contributed by atoms with E-state index in [4.69, 9.17) is 5.11 Å². The van der Waals surface area contributed by atoms with Crippen molar-refractivity contribution in [2.45, 2.75) is 13.1 Å². The summed E-state index contributed by atoms with van der Waals surface area (Å²) in [6.45, 7) is 1.41. The highest BCUT2D eigenvalue weighted by Crippen LogP contribution is 2.33. The molecule has 1 heterocycles. The summed E-state index contributed by atoms with van der Waals surface area (Å²) in [6.07, 6.45) is -3.84. The van der Waals surface area contributed by atoms with E-state index in [-0.39, 0.29) is 12.3 Å². The smallest absolute Gasteiger partial charge is 0.417 e. The molecular formula is C13H10F3N3O4. The van der Waals surface area contributed by atoms with Crippen LogP contribution in [0.25, 0.3) is 5.69 Å². The number of carbonyl (C=O) groups excluding carboxylic acids is 1. The van der Waals surface area contributed by atoms with Crippen molar-refractivity contribution in [2.75, 3.05) is 6.61 Å². The number of nitrogens with zero attached hydrogens (tertiary/aromatic N) is 3. The van der Waals surface area contributed by atoms with E-state index in [9.17, 15) is 22.8 Å². The highest BCUT2D eigenvalue weighted by molar-refractivity contribution is 5.91. The SMILES string of the molecule is CCOC(=O)c1ccc(-n2cc(C(=O)O)nn2)cc1C(F)(F)F. The normalized spacial score (nSPS) is 11.3. The number of carbonyl (C=O) groups is 2. The summed E-state index contributed by atoms with van der Waals surface area (Å²) in [6, 6.07) is 2.80. The highest BCUT2D eigenvalue weighted by atomic mass is 19.4. The molecule has 0 bridgehead atoms. The van der Waals surface area contributed by atoms with Gasteiger partial charge in [0.1, 0.15) is 0 Å². The lowest BCUT2D eigenvalue weighted by Gasteiger charge is -2.13. The molecule has 0 aliphatic heterocycles. The number of benzene rings is 1. The second-order valence-corrected chi connectivity index (χ2v) is 4.30. The van der Waals surface area contributed by atoms with Crippen molar-refractivity contribution in [3.8, 4) is 5.69 Å². The van der Waals surface area contributed by atoms with Gasteiger partial charge in [0.2, 0.25) is 0 Å². The summed E-state index contributed by atoms with van der Waals surface area (Å²) >= 11 is 0. The van der Waals surface area contributed by atoms with Crippen LogP contribution in [0.1, 0.15) is 33.3 Å². The predicted molar refractivity (Wildman–Crippen MR) is 69.3 cm³/mol. The molecule has 122 valence electrons. The van der Waals surface area contributed by atoms with E-state index in [0.717, 1.165) is 16.9 Å². The van der Waals surface area contributed by atoms with Gasteiger partial charge in [-0.25, -0.2) is 14.3 Å². The van der Waals surface area contributed by atoms with Crippen LogP contribution < -0.4 is 0 Å². The van der Waals surface area contributed by atoms with Gasteiger partial charge in [-0.15, -0.1) is 5.10 Å². The van der Waals surface area contributed by atoms with Crippen LogP contribution >= 0.6 is 0 Å². The van der Waals surface area contributed by atoms with Gasteiger partial charge in [0, 0.05) is 0 Å². The quantitative estimate of drug-likeness (QED) is 0.864. The number of esters is 1. The fourth-order valence-corrected chi connectivity index (χ4v) is 1.78. The first-order valence-corrected chi connectivity index (χ1v) is 6.28. The molecule has 0 amide bonds. The van der Waals surface area contributed by atoms with Crippen LogP contribution in [0.2, 0.25) is 0 Å². The number of rotatable bonds is 4. The van der Waals surface area contributed by atoms with E-state index in [1.165, 1.54) is 13.0 Å². The largest absolute Gasteiger partial charge is 0.476 e. The number of hydrogen-bond acceptors (Lipinski definition) is 5. The lowest BCUT2D eigenvalue weighted by atomic mass is 10.1. The van der Waals surface area contributed by atoms with E-state index in [0.29, 0.717) is 6.07 Å². The Morgan fingerprint density at radius 3 is 2.57 bits per heavy atom. The van der Waals surface area contributed by atoms with Gasteiger partial charge >= 0.3 is 18.1 Å². The van der Waals surface area contributed by atoms with Gasteiger partial charge in [0.05, 0.1) is 29.6 Å². The first-order valence-electron chi connectivity index (χ1n) is 6.28. The molecule has 0 atom stereocenters. The second kappa shape index (κ2) is 6.07. The van der Waals surface area contributed by atoms with Crippen LogP contribution in [0.5, 0.6) is 0 Å². The van der Waals surface area contributed by atoms with Crippen LogP contribution in [0.4, 0.5) is 13.2 Å². The van der Waals surface area contributed by atoms with E-state index >= 15 is 0 Å². The standard InChI is InChI=1S/C13H10F3N3O4/c1-2-23-12(22)8-4-3-7(5-9(8)13(14,15)16)19-6-10(11(20)21)17-18-19/h3-6H,2H2,1H3,(H,20,21). The average Bonchev–Trinajstić information content (AvgIpc) is 2.96. The van der Waals surface area contributed by atoms with Gasteiger partial charge in [0.15, 0.2) is 5.69 Å². The van der Waals surface area contributed by atoms with Crippen LogP contribution in [0.3, 0.4) is 0 Å². The Morgan fingerprint density at radius 1 is 1.35 bits per heavy atom. The molecule has 0 fully saturated rings. The first-order chi connectivity index (χ1) is 10.7. The highest BCUT2D eigenvalue weighted by Gasteiger charge is 2.36. The number of halogens is 3. The topological polar surface area (TPSA) is 94.3 Å². The number of ether oxygens (including phenoxy) is 1. The molecule has 23 heavy (non-hydrogen) atoms. The summed E-state index contributed by atoms with van der Waals surface area (Å²) in [5, 5.41) is 15.5. The van der Waals surface area contributed by atoms with Crippen LogP contribution in [-0.4, -0.2) is 38.6 Å². The van der Waals surface area contributed by atoms with E-state index in [1.54, 1.807) is 0 Å². The number of aromatic nitrogens is 3. The molecule has 0 aliphatic carbocycles. The number of aromatic carboxylic acids is 1. The molecule has 2 rings (SSSR count). The molecule has 0 saturated heterocycles. The minimum absolute atomic E-state index is 0.0665. The lowest BCUT2D eigenvalue weighted by molar-refractivity contribution is -0.138. The maximum atomic E-state index is 13.1. The number of carboxylic acid groups (broad SMARTS) is 1. The minimum atomic E-state index is -4.80. The van der Waals surface area contributed by atoms with Crippen molar-refractivity contribution in [1.29, 1.82) is 0 Å². The Morgan fingerprint density at radius 2 is 2.04 bits per heavy atom. The summed E-state index contributed by atoms with van der Waals surface area (Å²) in [5.74, 6) is -2.47. The minimum Gasteiger partial charge on any atom is -0.476 e. The molecule has 1 N–H and O–H groups in total. The zero-order valence-electron chi connectivity index (χ0n) is 11.7. The van der Waals surface area contributed by atoms with Crippen molar-refractivity contribution in [3.05, 3.63) is 41.2 Å². The monoisotopic (exact) mass is 329 g/mol. The van der Waals surface area contributed by atoms with Crippen molar-refractivity contribution in [2.24, 2.45) is 0 Å². The Labute approximate surface area is 127 Å². The zero-order chi connectivity index (χ0) is 17.2. The summed E-state index contributed by atoms with van der Waals surface area (Å²) in [5.41, 5.74) is -2.36. The van der Waals surface area contributed by atoms with E-state index in [2.05, 4.69) is 15.0 Å². The number of hydrogen-bond donors (Lipinski definition) is 1. The van der Waals surface area contributed by atoms with E-state index in [1.807, 2.05) is 0 Å². The average molecular weight is 329 g/mol. The number of alkyl halides is 3. The lowest BCUT2D eigenvalue weighted by Crippen LogP contribution is -2.16. The summed E-state index contributed by atoms with van der Waals surface area (Å²) in [7, 11) is 0. The van der Waals surface area contributed by atoms with Crippen molar-refractivity contribution < 1.29 is 32.6 Å². The third-order valence-electron chi connectivity index (χ3n) is 2.78. The molecule has 1 aromatic carbocycles. The van der Waals surface area contributed by atoms with Gasteiger partial charge in [-0.1, -0.05) is 5.21 Å². The Kier molecular flexibility index (Phi) is 4.34. The molecule has 0 aliphatic rings. The van der Waals surface area contributed by atoms with Crippen molar-refractivity contribution in [3.63, 3.8) is 0 Å². The molecule has 0 radical (unpaired) electrons. The van der Waals surface area contributed by atoms with Gasteiger partial charge in [-0.2, -0.15) is 13.2 Å². The third-order valence-corrected chi connectivity index (χ3v) is 2.78. The van der Waals surface area contributed by atoms with Crippen LogP contribution in [0.15, 0.2) is 24.4 Å². The summed E-state index contributed by atoms with van der Waals surface area (Å²) < 4.78 is 44.9. The molecule has 2 aromatic rings. The van der Waals surface area contributed by atoms with Gasteiger partial charge in [0.25, 0.3) is 0 Å². The molecule has 0 unspecified atom stereocenters. The van der Waals surface area contributed by atoms with Crippen molar-refractivity contribution in [1.82, 2.24) is 15.0 Å². The van der Waals surface area contributed by atoms with Crippen LogP contribution in [-0.2, 0) is 10.9 Å². The maximum absolute atomic E-state index is 13.1. The second-order valence-electron chi connectivity index (χ2n) is 4.30. The Hall–Kier alpha value is -2.91. The van der Waals surface area contributed by atoms with Gasteiger partial charge in [-0.05, 0) is 25.1 Å². The molecule has 0 saturated carbocycles. The third kappa shape index (κ3) is 3.47. The van der Waals surface area contributed by atoms with Gasteiger partial charge < -0.3 is 9.84 Å². The van der Waals surface area contributed by atoms with E-state index < -0.39 is 34.9 Å². The molecule has 7 nitrogen and oxygen atoms in total. The molecule has 0 spiro atoms. The fourth-order valence-electron chi connectivity index (χ4n) is 1.78. The maximum Gasteiger partial charge on any atom is 0.417 e. The first kappa shape index (κ1) is 16.5. The number of carboxylic acids is 1. The molecular weight excluding hydrogens is 319 g/mol. The fraction of sp³-hybridized carbons (Fsp3) is 0.231. The van der Waals surface area contributed by atoms with Gasteiger partial charge in [-0.3, -0.25) is 0 Å². The molecule has 10 heteroatoms. The van der Waals surface area contributed by atoms with Crippen molar-refractivity contribution >= 4 is 11.9 Å². The Balaban J connectivity index is 2.51. The summed E-state index contributed by atoms with van der Waals surface area (Å²) in [4.78, 5) is 22.3. The Bertz CT molecular complexity index is 755.